The van der Waals surface area contributed by atoms with Gasteiger partial charge in [0, 0.05) is 12.6 Å². The Labute approximate surface area is 104 Å². The first-order chi connectivity index (χ1) is 8.83. The van der Waals surface area contributed by atoms with E-state index in [1.54, 1.807) is 18.3 Å². The third kappa shape index (κ3) is 2.11. The Balaban J connectivity index is 1.83. The molecule has 5 nitrogen and oxygen atoms in total. The van der Waals surface area contributed by atoms with Gasteiger partial charge in [-0.3, -0.25) is 4.79 Å². The highest BCUT2D eigenvalue weighted by molar-refractivity contribution is 5.51. The number of aromatic nitrogens is 3. The van der Waals surface area contributed by atoms with Crippen molar-refractivity contribution in [3.63, 3.8) is 0 Å². The molecule has 0 aliphatic heterocycles. The smallest absolute Gasteiger partial charge is 0.259 e. The second-order valence-corrected chi connectivity index (χ2v) is 4.39. The molecule has 1 aliphatic rings. The van der Waals surface area contributed by atoms with E-state index in [1.165, 1.54) is 0 Å². The second kappa shape index (κ2) is 4.60. The number of pyridine rings is 1. The Bertz CT molecular complexity index is 627. The number of rotatable bonds is 3. The number of hydrogen-bond acceptors (Lipinski definition) is 4. The van der Waals surface area contributed by atoms with Crippen LogP contribution in [0.5, 0.6) is 0 Å². The molecule has 18 heavy (non-hydrogen) atoms. The maximum absolute atomic E-state index is 11.6. The van der Waals surface area contributed by atoms with Crippen molar-refractivity contribution in [3.8, 4) is 11.4 Å². The molecular weight excluding hydrogens is 230 g/mol. The van der Waals surface area contributed by atoms with E-state index in [0.717, 1.165) is 19.3 Å². The fourth-order valence-electron chi connectivity index (χ4n) is 2.13. The molecule has 0 fully saturated rings. The Hall–Kier alpha value is -2.17. The molecule has 0 spiro atoms. The van der Waals surface area contributed by atoms with Crippen LogP contribution in [0.15, 0.2) is 39.8 Å². The van der Waals surface area contributed by atoms with E-state index in [0.29, 0.717) is 23.2 Å². The second-order valence-electron chi connectivity index (χ2n) is 4.39. The average Bonchev–Trinajstić information content (AvgIpc) is 3.02. The summed E-state index contributed by atoms with van der Waals surface area (Å²) in [5.74, 6) is 1.42. The van der Waals surface area contributed by atoms with E-state index in [4.69, 9.17) is 4.52 Å². The molecule has 0 saturated carbocycles. The Morgan fingerprint density at radius 2 is 2.44 bits per heavy atom. The van der Waals surface area contributed by atoms with E-state index in [9.17, 15) is 4.79 Å². The lowest BCUT2D eigenvalue weighted by molar-refractivity contribution is 0.364. The zero-order valence-electron chi connectivity index (χ0n) is 9.80. The van der Waals surface area contributed by atoms with Crippen LogP contribution in [0.25, 0.3) is 11.4 Å². The van der Waals surface area contributed by atoms with Gasteiger partial charge >= 0.3 is 0 Å². The van der Waals surface area contributed by atoms with E-state index < -0.39 is 0 Å². The minimum absolute atomic E-state index is 0.203. The van der Waals surface area contributed by atoms with Gasteiger partial charge < -0.3 is 9.51 Å². The Morgan fingerprint density at radius 1 is 1.50 bits per heavy atom. The summed E-state index contributed by atoms with van der Waals surface area (Å²) in [6, 6.07) is 3.43. The minimum Gasteiger partial charge on any atom is -0.339 e. The van der Waals surface area contributed by atoms with Gasteiger partial charge in [0.25, 0.3) is 5.56 Å². The normalized spacial score (nSPS) is 18.3. The molecule has 2 aromatic heterocycles. The van der Waals surface area contributed by atoms with Crippen LogP contribution in [-0.4, -0.2) is 15.1 Å². The van der Waals surface area contributed by atoms with Gasteiger partial charge in [0.05, 0.1) is 5.56 Å². The lowest BCUT2D eigenvalue weighted by Gasteiger charge is -2.00. The summed E-state index contributed by atoms with van der Waals surface area (Å²) in [5.41, 5.74) is 0.236. The minimum atomic E-state index is -0.203. The summed E-state index contributed by atoms with van der Waals surface area (Å²) in [7, 11) is 0. The molecule has 2 heterocycles. The lowest BCUT2D eigenvalue weighted by atomic mass is 10.1. The van der Waals surface area contributed by atoms with Gasteiger partial charge in [0.1, 0.15) is 0 Å². The summed E-state index contributed by atoms with van der Waals surface area (Å²) in [5, 5.41) is 3.86. The molecule has 0 saturated heterocycles. The van der Waals surface area contributed by atoms with Crippen LogP contribution in [0.4, 0.5) is 0 Å². The van der Waals surface area contributed by atoms with Crippen molar-refractivity contribution in [1.82, 2.24) is 15.1 Å². The fraction of sp³-hybridized carbons (Fsp3) is 0.308. The maximum atomic E-state index is 11.6. The van der Waals surface area contributed by atoms with Crippen molar-refractivity contribution in [1.29, 1.82) is 0 Å². The third-order valence-electron chi connectivity index (χ3n) is 3.08. The van der Waals surface area contributed by atoms with Crippen molar-refractivity contribution in [2.45, 2.75) is 19.3 Å². The number of nitrogens with zero attached hydrogens (tertiary/aromatic N) is 2. The van der Waals surface area contributed by atoms with Crippen molar-refractivity contribution < 1.29 is 4.52 Å². The zero-order chi connectivity index (χ0) is 12.4. The topological polar surface area (TPSA) is 71.8 Å². The maximum Gasteiger partial charge on any atom is 0.259 e. The highest BCUT2D eigenvalue weighted by Gasteiger charge is 2.16. The third-order valence-corrected chi connectivity index (χ3v) is 3.08. The molecule has 92 valence electrons. The van der Waals surface area contributed by atoms with Gasteiger partial charge in [-0.15, -0.1) is 0 Å². The summed E-state index contributed by atoms with van der Waals surface area (Å²) >= 11 is 0. The highest BCUT2D eigenvalue weighted by Crippen LogP contribution is 2.21. The van der Waals surface area contributed by atoms with E-state index in [1.807, 2.05) is 0 Å². The van der Waals surface area contributed by atoms with Gasteiger partial charge in [-0.25, -0.2) is 0 Å². The quantitative estimate of drug-likeness (QED) is 0.836. The van der Waals surface area contributed by atoms with Crippen molar-refractivity contribution in [2.75, 3.05) is 0 Å². The monoisotopic (exact) mass is 243 g/mol. The Kier molecular flexibility index (Phi) is 2.80. The zero-order valence-corrected chi connectivity index (χ0v) is 9.80. The van der Waals surface area contributed by atoms with E-state index >= 15 is 0 Å². The van der Waals surface area contributed by atoms with E-state index in [2.05, 4.69) is 27.3 Å². The SMILES string of the molecule is O=c1[nH]cccc1-c1noc(CC2C=CCC2)n1. The summed E-state index contributed by atoms with van der Waals surface area (Å²) in [4.78, 5) is 18.5. The molecule has 0 radical (unpaired) electrons. The predicted octanol–water partition coefficient (Wildman–Crippen LogP) is 1.93. The summed E-state index contributed by atoms with van der Waals surface area (Å²) in [6.45, 7) is 0. The van der Waals surface area contributed by atoms with Crippen LogP contribution in [0.1, 0.15) is 18.7 Å². The van der Waals surface area contributed by atoms with Gasteiger partial charge in [0.15, 0.2) is 0 Å². The number of H-pyrrole nitrogens is 1. The molecule has 1 unspecified atom stereocenters. The largest absolute Gasteiger partial charge is 0.339 e. The van der Waals surface area contributed by atoms with Crippen LogP contribution < -0.4 is 5.56 Å². The standard InChI is InChI=1S/C13H13N3O2/c17-13-10(6-3-7-14-13)12-15-11(18-16-12)8-9-4-1-2-5-9/h1,3-4,6-7,9H,2,5,8H2,(H,14,17). The molecule has 3 rings (SSSR count). The molecule has 1 aliphatic carbocycles. The summed E-state index contributed by atoms with van der Waals surface area (Å²) < 4.78 is 5.19. The molecular formula is C13H13N3O2. The molecule has 0 aromatic carbocycles. The van der Waals surface area contributed by atoms with Crippen molar-refractivity contribution in [2.24, 2.45) is 5.92 Å². The molecule has 5 heteroatoms. The highest BCUT2D eigenvalue weighted by atomic mass is 16.5. The first kappa shape index (κ1) is 11.0. The number of aromatic amines is 1. The fourth-order valence-corrected chi connectivity index (χ4v) is 2.13. The number of hydrogen-bond donors (Lipinski definition) is 1. The van der Waals surface area contributed by atoms with Crippen LogP contribution >= 0.6 is 0 Å². The Morgan fingerprint density at radius 3 is 3.22 bits per heavy atom. The first-order valence-electron chi connectivity index (χ1n) is 6.00. The van der Waals surface area contributed by atoms with Gasteiger partial charge in [-0.2, -0.15) is 4.98 Å². The number of nitrogens with one attached hydrogen (secondary N) is 1. The van der Waals surface area contributed by atoms with Gasteiger partial charge in [-0.05, 0) is 30.9 Å². The van der Waals surface area contributed by atoms with Gasteiger partial charge in [0.2, 0.25) is 11.7 Å². The van der Waals surface area contributed by atoms with Gasteiger partial charge in [-0.1, -0.05) is 17.3 Å². The van der Waals surface area contributed by atoms with E-state index in [-0.39, 0.29) is 5.56 Å². The molecule has 2 aromatic rings. The lowest BCUT2D eigenvalue weighted by Crippen LogP contribution is -2.07. The average molecular weight is 243 g/mol. The molecule has 0 amide bonds. The van der Waals surface area contributed by atoms with Crippen LogP contribution in [0.2, 0.25) is 0 Å². The van der Waals surface area contributed by atoms with Crippen molar-refractivity contribution in [3.05, 3.63) is 46.7 Å². The van der Waals surface area contributed by atoms with Crippen LogP contribution in [0, 0.1) is 5.92 Å². The predicted molar refractivity (Wildman–Crippen MR) is 65.9 cm³/mol. The molecule has 1 atom stereocenters. The molecule has 0 bridgehead atoms. The van der Waals surface area contributed by atoms with Crippen LogP contribution in [0.3, 0.4) is 0 Å². The van der Waals surface area contributed by atoms with Crippen LogP contribution in [-0.2, 0) is 6.42 Å². The number of allylic oxidation sites excluding steroid dienone is 2. The summed E-state index contributed by atoms with van der Waals surface area (Å²) in [6.07, 6.45) is 8.92. The first-order valence-corrected chi connectivity index (χ1v) is 6.00. The van der Waals surface area contributed by atoms with Crippen molar-refractivity contribution >= 4 is 0 Å². The molecule has 1 N–H and O–H groups in total.